The van der Waals surface area contributed by atoms with Gasteiger partial charge in [0.05, 0.1) is 18.1 Å². The first-order chi connectivity index (χ1) is 13.7. The van der Waals surface area contributed by atoms with E-state index in [2.05, 4.69) is 33.2 Å². The minimum Gasteiger partial charge on any atom is -0.393 e. The van der Waals surface area contributed by atoms with Gasteiger partial charge in [-0.25, -0.2) is 9.71 Å². The number of nitrogens with one attached hydrogen (secondary N) is 3. The lowest BCUT2D eigenvalue weighted by Gasteiger charge is -2.16. The number of ether oxygens (including phenoxy) is 1. The SMILES string of the molecule is CN/C=C1\C(=C\c2ccnc(Cl)c2)CCC(COCc2ccccc2)NS1=N. The highest BCUT2D eigenvalue weighted by molar-refractivity contribution is 7.88. The molecule has 148 valence electrons. The molecule has 1 saturated heterocycles. The minimum absolute atomic E-state index is 0.136. The van der Waals surface area contributed by atoms with Crippen LogP contribution in [0.1, 0.15) is 24.0 Å². The second-order valence-corrected chi connectivity index (χ2v) is 8.21. The molecule has 0 radical (unpaired) electrons. The molecule has 7 heteroatoms. The Balaban J connectivity index is 1.70. The highest BCUT2D eigenvalue weighted by atomic mass is 35.5. The lowest BCUT2D eigenvalue weighted by atomic mass is 10.0. The Hall–Kier alpha value is -1.99. The molecule has 0 spiro atoms. The summed E-state index contributed by atoms with van der Waals surface area (Å²) in [6.45, 7) is 1.17. The van der Waals surface area contributed by atoms with Crippen molar-refractivity contribution in [2.75, 3.05) is 13.7 Å². The Kier molecular flexibility index (Phi) is 7.80. The number of allylic oxidation sites excluding steroid dienone is 1. The molecule has 1 aromatic carbocycles. The van der Waals surface area contributed by atoms with E-state index in [1.54, 1.807) is 6.20 Å². The minimum atomic E-state index is -0.831. The van der Waals surface area contributed by atoms with Gasteiger partial charge in [0.2, 0.25) is 0 Å². The van der Waals surface area contributed by atoms with Crippen molar-refractivity contribution in [3.8, 4) is 0 Å². The molecular formula is C21H25ClN4OS. The van der Waals surface area contributed by atoms with Crippen molar-refractivity contribution in [1.82, 2.24) is 15.0 Å². The average Bonchev–Trinajstić information content (AvgIpc) is 2.83. The van der Waals surface area contributed by atoms with Crippen LogP contribution < -0.4 is 10.0 Å². The van der Waals surface area contributed by atoms with Crippen LogP contribution in [0.2, 0.25) is 5.15 Å². The Morgan fingerprint density at radius 1 is 1.36 bits per heavy atom. The summed E-state index contributed by atoms with van der Waals surface area (Å²) in [7, 11) is 1.03. The summed E-state index contributed by atoms with van der Waals surface area (Å²) in [4.78, 5) is 5.00. The number of nitrogens with zero attached hydrogens (tertiary/aromatic N) is 1. The van der Waals surface area contributed by atoms with Crippen LogP contribution in [0.5, 0.6) is 0 Å². The molecule has 2 unspecified atom stereocenters. The van der Waals surface area contributed by atoms with Gasteiger partial charge in [-0.3, -0.25) is 4.78 Å². The lowest BCUT2D eigenvalue weighted by molar-refractivity contribution is 0.103. The fraction of sp³-hybridized carbons (Fsp3) is 0.286. The van der Waals surface area contributed by atoms with Gasteiger partial charge in [-0.15, -0.1) is 0 Å². The lowest BCUT2D eigenvalue weighted by Crippen LogP contribution is -2.33. The molecule has 28 heavy (non-hydrogen) atoms. The number of benzene rings is 1. The summed E-state index contributed by atoms with van der Waals surface area (Å²) >= 11 is 6.02. The largest absolute Gasteiger partial charge is 0.393 e. The van der Waals surface area contributed by atoms with Crippen LogP contribution in [0.4, 0.5) is 0 Å². The quantitative estimate of drug-likeness (QED) is 0.608. The smallest absolute Gasteiger partial charge is 0.129 e. The second-order valence-electron chi connectivity index (χ2n) is 6.54. The second kappa shape index (κ2) is 10.5. The van der Waals surface area contributed by atoms with Gasteiger partial charge in [-0.05, 0) is 52.6 Å². The molecule has 0 bridgehead atoms. The molecule has 1 aromatic heterocycles. The number of hydrogen-bond donors (Lipinski definition) is 3. The number of hydrogen-bond acceptors (Lipinski definition) is 4. The molecule has 1 fully saturated rings. The van der Waals surface area contributed by atoms with Crippen molar-refractivity contribution < 1.29 is 4.74 Å². The van der Waals surface area contributed by atoms with Crippen LogP contribution in [0.15, 0.2) is 65.3 Å². The monoisotopic (exact) mass is 416 g/mol. The van der Waals surface area contributed by atoms with Crippen molar-refractivity contribution in [1.29, 1.82) is 4.78 Å². The van der Waals surface area contributed by atoms with E-state index in [4.69, 9.17) is 21.1 Å². The maximum Gasteiger partial charge on any atom is 0.129 e. The fourth-order valence-corrected chi connectivity index (χ4v) is 4.51. The molecule has 0 aliphatic carbocycles. The van der Waals surface area contributed by atoms with Gasteiger partial charge < -0.3 is 10.1 Å². The summed E-state index contributed by atoms with van der Waals surface area (Å²) in [6, 6.07) is 14.1. The van der Waals surface area contributed by atoms with Gasteiger partial charge >= 0.3 is 0 Å². The highest BCUT2D eigenvalue weighted by Gasteiger charge is 2.21. The first kappa shape index (κ1) is 20.7. The van der Waals surface area contributed by atoms with Gasteiger partial charge in [0.15, 0.2) is 0 Å². The summed E-state index contributed by atoms with van der Waals surface area (Å²) < 4.78 is 17.9. The third-order valence-electron chi connectivity index (χ3n) is 4.38. The van der Waals surface area contributed by atoms with Gasteiger partial charge in [-0.1, -0.05) is 48.0 Å². The Morgan fingerprint density at radius 2 is 2.18 bits per heavy atom. The van der Waals surface area contributed by atoms with E-state index >= 15 is 0 Å². The van der Waals surface area contributed by atoms with E-state index in [1.165, 1.54) is 0 Å². The van der Waals surface area contributed by atoms with E-state index in [0.717, 1.165) is 34.4 Å². The molecule has 2 atom stereocenters. The predicted molar refractivity (Wildman–Crippen MR) is 117 cm³/mol. The van der Waals surface area contributed by atoms with Crippen LogP contribution in [-0.4, -0.2) is 24.7 Å². The predicted octanol–water partition coefficient (Wildman–Crippen LogP) is 4.44. The van der Waals surface area contributed by atoms with Gasteiger partial charge in [0.25, 0.3) is 0 Å². The number of rotatable bonds is 6. The molecule has 0 amide bonds. The third kappa shape index (κ3) is 6.01. The first-order valence-electron chi connectivity index (χ1n) is 9.19. The molecular weight excluding hydrogens is 392 g/mol. The molecule has 5 nitrogen and oxygen atoms in total. The average molecular weight is 417 g/mol. The van der Waals surface area contributed by atoms with Crippen LogP contribution in [0.25, 0.3) is 6.08 Å². The van der Waals surface area contributed by atoms with Gasteiger partial charge in [-0.2, -0.15) is 0 Å². The first-order valence-corrected chi connectivity index (χ1v) is 10.8. The zero-order valence-corrected chi connectivity index (χ0v) is 17.4. The van der Waals surface area contributed by atoms with Gasteiger partial charge in [0.1, 0.15) is 5.15 Å². The maximum absolute atomic E-state index is 8.61. The van der Waals surface area contributed by atoms with Crippen LogP contribution >= 0.6 is 11.6 Å². The third-order valence-corrected chi connectivity index (χ3v) is 5.98. The Morgan fingerprint density at radius 3 is 2.93 bits per heavy atom. The van der Waals surface area contributed by atoms with Crippen molar-refractivity contribution in [3.05, 3.63) is 81.6 Å². The maximum atomic E-state index is 8.61. The molecule has 2 heterocycles. The molecule has 1 aliphatic heterocycles. The van der Waals surface area contributed by atoms with E-state index < -0.39 is 10.9 Å². The van der Waals surface area contributed by atoms with Crippen LogP contribution in [0.3, 0.4) is 0 Å². The number of aromatic nitrogens is 1. The summed E-state index contributed by atoms with van der Waals surface area (Å²) in [5.74, 6) is 0. The molecule has 3 rings (SSSR count). The molecule has 1 aliphatic rings. The normalized spacial score (nSPS) is 22.9. The zero-order chi connectivity index (χ0) is 19.8. The summed E-state index contributed by atoms with van der Waals surface area (Å²) in [6.07, 6.45) is 7.47. The van der Waals surface area contributed by atoms with Gasteiger partial charge in [0, 0.05) is 25.5 Å². The van der Waals surface area contributed by atoms with Crippen molar-refractivity contribution in [2.45, 2.75) is 25.5 Å². The van der Waals surface area contributed by atoms with E-state index in [0.29, 0.717) is 18.4 Å². The summed E-state index contributed by atoms with van der Waals surface area (Å²) in [5, 5.41) is 3.55. The van der Waals surface area contributed by atoms with E-state index in [-0.39, 0.29) is 6.04 Å². The van der Waals surface area contributed by atoms with Crippen molar-refractivity contribution in [3.63, 3.8) is 0 Å². The zero-order valence-electron chi connectivity index (χ0n) is 15.8. The Labute approximate surface area is 173 Å². The Bertz CT molecular complexity index is 870. The standard InChI is InChI=1S/C21H25ClN4OS/c1-24-13-20-18(11-17-9-10-25-21(22)12-17)7-8-19(26-28(20)23)15-27-14-16-5-3-2-4-6-16/h2-6,9-13,19,24H,7-8,14-15H2,1H3,(H2,23,26)/b18-11+,20-13+. The highest BCUT2D eigenvalue weighted by Crippen LogP contribution is 2.27. The van der Waals surface area contributed by atoms with Crippen LogP contribution in [0, 0.1) is 4.78 Å². The van der Waals surface area contributed by atoms with Crippen molar-refractivity contribution >= 4 is 28.6 Å². The van der Waals surface area contributed by atoms with E-state index in [9.17, 15) is 0 Å². The molecule has 3 N–H and O–H groups in total. The topological polar surface area (TPSA) is 70.0 Å². The van der Waals surface area contributed by atoms with Crippen molar-refractivity contribution in [2.24, 2.45) is 0 Å². The molecule has 0 saturated carbocycles. The summed E-state index contributed by atoms with van der Waals surface area (Å²) in [5.41, 5.74) is 3.28. The van der Waals surface area contributed by atoms with Crippen LogP contribution in [-0.2, 0) is 22.2 Å². The fourth-order valence-electron chi connectivity index (χ4n) is 3.02. The molecule has 2 aromatic rings. The number of halogens is 1. The number of pyridine rings is 1. The van der Waals surface area contributed by atoms with E-state index in [1.807, 2.05) is 43.6 Å².